The molecule has 1 aliphatic rings. The van der Waals surface area contributed by atoms with Gasteiger partial charge in [-0.15, -0.1) is 0 Å². The molecule has 2 amide bonds. The molecular formula is C18H16Cl2N2O4. The molecule has 0 aromatic heterocycles. The molecule has 0 unspecified atom stereocenters. The first-order chi connectivity index (χ1) is 12.3. The third kappa shape index (κ3) is 3.86. The Morgan fingerprint density at radius 1 is 0.885 bits per heavy atom. The van der Waals surface area contributed by atoms with Crippen LogP contribution in [-0.4, -0.2) is 18.6 Å². The quantitative estimate of drug-likeness (QED) is 0.756. The zero-order valence-corrected chi connectivity index (χ0v) is 15.6. The molecule has 0 radical (unpaired) electrons. The van der Waals surface area contributed by atoms with Crippen LogP contribution >= 0.6 is 23.2 Å². The number of amides is 2. The Hall–Kier alpha value is -2.44. The van der Waals surface area contributed by atoms with Crippen molar-refractivity contribution >= 4 is 46.4 Å². The van der Waals surface area contributed by atoms with Gasteiger partial charge in [-0.3, -0.25) is 9.59 Å². The lowest BCUT2D eigenvalue weighted by molar-refractivity contribution is -0.135. The van der Waals surface area contributed by atoms with Gasteiger partial charge in [0.25, 0.3) is 0 Å². The molecule has 0 aliphatic carbocycles. The standard InChI is InChI=1S/C18H16Cl2N2O4/c1-18(2,17(24)22-13-6-10(19)5-11(20)7-13)16(23)21-12-3-4-14-15(8-12)26-9-25-14/h3-8H,9H2,1-2H3,(H,21,23)(H,22,24). The van der Waals surface area contributed by atoms with Gasteiger partial charge < -0.3 is 20.1 Å². The Bertz CT molecular complexity index is 863. The van der Waals surface area contributed by atoms with Gasteiger partial charge in [0.15, 0.2) is 11.5 Å². The van der Waals surface area contributed by atoms with E-state index < -0.39 is 17.2 Å². The number of hydrogen-bond acceptors (Lipinski definition) is 4. The van der Waals surface area contributed by atoms with Crippen LogP contribution in [0.1, 0.15) is 13.8 Å². The fourth-order valence-corrected chi connectivity index (χ4v) is 2.80. The summed E-state index contributed by atoms with van der Waals surface area (Å²) in [4.78, 5) is 25.2. The van der Waals surface area contributed by atoms with Crippen molar-refractivity contribution in [1.29, 1.82) is 0 Å². The first kappa shape index (κ1) is 18.4. The predicted molar refractivity (Wildman–Crippen MR) is 100 cm³/mol. The Balaban J connectivity index is 1.71. The van der Waals surface area contributed by atoms with Gasteiger partial charge >= 0.3 is 0 Å². The predicted octanol–water partition coefficient (Wildman–Crippen LogP) is 4.33. The lowest BCUT2D eigenvalue weighted by Gasteiger charge is -2.23. The maximum absolute atomic E-state index is 12.6. The molecule has 8 heteroatoms. The summed E-state index contributed by atoms with van der Waals surface area (Å²) in [5.41, 5.74) is -0.423. The highest BCUT2D eigenvalue weighted by Gasteiger charge is 2.36. The molecule has 1 aliphatic heterocycles. The van der Waals surface area contributed by atoms with Crippen molar-refractivity contribution in [2.75, 3.05) is 17.4 Å². The summed E-state index contributed by atoms with van der Waals surface area (Å²) in [6.45, 7) is 3.19. The Morgan fingerprint density at radius 2 is 1.46 bits per heavy atom. The van der Waals surface area contributed by atoms with Gasteiger partial charge in [0.1, 0.15) is 5.41 Å². The molecule has 0 saturated heterocycles. The van der Waals surface area contributed by atoms with Gasteiger partial charge in [-0.2, -0.15) is 0 Å². The van der Waals surface area contributed by atoms with Crippen molar-refractivity contribution in [3.8, 4) is 11.5 Å². The van der Waals surface area contributed by atoms with E-state index in [1.165, 1.54) is 13.8 Å². The number of carbonyl (C=O) groups excluding carboxylic acids is 2. The van der Waals surface area contributed by atoms with E-state index in [0.717, 1.165) is 0 Å². The Labute approximate surface area is 160 Å². The number of hydrogen-bond donors (Lipinski definition) is 2. The molecule has 0 atom stereocenters. The minimum Gasteiger partial charge on any atom is -0.454 e. The van der Waals surface area contributed by atoms with E-state index in [1.807, 2.05) is 0 Å². The van der Waals surface area contributed by atoms with Gasteiger partial charge in [0.05, 0.1) is 0 Å². The van der Waals surface area contributed by atoms with Gasteiger partial charge in [0, 0.05) is 27.5 Å². The SMILES string of the molecule is CC(C)(C(=O)Nc1cc(Cl)cc(Cl)c1)C(=O)Nc1ccc2c(c1)OCO2. The number of carbonyl (C=O) groups is 2. The van der Waals surface area contributed by atoms with Gasteiger partial charge in [-0.25, -0.2) is 0 Å². The molecule has 0 saturated carbocycles. The van der Waals surface area contributed by atoms with E-state index in [0.29, 0.717) is 32.9 Å². The highest BCUT2D eigenvalue weighted by Crippen LogP contribution is 2.35. The van der Waals surface area contributed by atoms with Crippen LogP contribution in [0.2, 0.25) is 10.0 Å². The fourth-order valence-electron chi connectivity index (χ4n) is 2.28. The average molecular weight is 395 g/mol. The second kappa shape index (κ2) is 7.05. The highest BCUT2D eigenvalue weighted by molar-refractivity contribution is 6.35. The third-order valence-electron chi connectivity index (χ3n) is 3.89. The average Bonchev–Trinajstić information content (AvgIpc) is 3.01. The molecule has 1 heterocycles. The van der Waals surface area contributed by atoms with Gasteiger partial charge in [-0.1, -0.05) is 23.2 Å². The van der Waals surface area contributed by atoms with Crippen molar-refractivity contribution in [3.63, 3.8) is 0 Å². The van der Waals surface area contributed by atoms with E-state index in [4.69, 9.17) is 32.7 Å². The van der Waals surface area contributed by atoms with Gasteiger partial charge in [-0.05, 0) is 44.2 Å². The normalized spacial score (nSPS) is 12.6. The largest absolute Gasteiger partial charge is 0.454 e. The topological polar surface area (TPSA) is 76.7 Å². The number of anilines is 2. The highest BCUT2D eigenvalue weighted by atomic mass is 35.5. The monoisotopic (exact) mass is 394 g/mol. The summed E-state index contributed by atoms with van der Waals surface area (Å²) in [5, 5.41) is 6.14. The maximum Gasteiger partial charge on any atom is 0.239 e. The number of nitrogens with one attached hydrogen (secondary N) is 2. The Kier molecular flexibility index (Phi) is 4.98. The molecular weight excluding hydrogens is 379 g/mol. The van der Waals surface area contributed by atoms with E-state index in [-0.39, 0.29) is 6.79 Å². The zero-order chi connectivity index (χ0) is 18.9. The molecule has 2 N–H and O–H groups in total. The van der Waals surface area contributed by atoms with Crippen LogP contribution in [0.3, 0.4) is 0 Å². The summed E-state index contributed by atoms with van der Waals surface area (Å²) in [6, 6.07) is 9.67. The second-order valence-electron chi connectivity index (χ2n) is 6.26. The Morgan fingerprint density at radius 3 is 2.12 bits per heavy atom. The molecule has 0 fully saturated rings. The molecule has 0 spiro atoms. The van der Waals surface area contributed by atoms with Crippen LogP contribution in [-0.2, 0) is 9.59 Å². The summed E-state index contributed by atoms with van der Waals surface area (Å²) in [7, 11) is 0. The van der Waals surface area contributed by atoms with Crippen LogP contribution in [0.15, 0.2) is 36.4 Å². The van der Waals surface area contributed by atoms with Crippen LogP contribution in [0.5, 0.6) is 11.5 Å². The number of rotatable bonds is 4. The van der Waals surface area contributed by atoms with E-state index in [2.05, 4.69) is 10.6 Å². The molecule has 0 bridgehead atoms. The summed E-state index contributed by atoms with van der Waals surface area (Å²) in [5.74, 6) is 0.188. The molecule has 2 aromatic carbocycles. The molecule has 3 rings (SSSR count). The van der Waals surface area contributed by atoms with Crippen LogP contribution < -0.4 is 20.1 Å². The van der Waals surface area contributed by atoms with E-state index in [1.54, 1.807) is 36.4 Å². The lowest BCUT2D eigenvalue weighted by Crippen LogP contribution is -2.41. The summed E-state index contributed by atoms with van der Waals surface area (Å²) < 4.78 is 10.5. The fraction of sp³-hybridized carbons (Fsp3) is 0.222. The molecule has 26 heavy (non-hydrogen) atoms. The first-order valence-electron chi connectivity index (χ1n) is 7.74. The van der Waals surface area contributed by atoms with Crippen molar-refractivity contribution in [2.24, 2.45) is 5.41 Å². The molecule has 6 nitrogen and oxygen atoms in total. The van der Waals surface area contributed by atoms with Crippen LogP contribution in [0.25, 0.3) is 0 Å². The minimum absolute atomic E-state index is 0.142. The van der Waals surface area contributed by atoms with Crippen molar-refractivity contribution < 1.29 is 19.1 Å². The first-order valence-corrected chi connectivity index (χ1v) is 8.50. The van der Waals surface area contributed by atoms with E-state index in [9.17, 15) is 9.59 Å². The van der Waals surface area contributed by atoms with Crippen LogP contribution in [0, 0.1) is 5.41 Å². The number of fused-ring (bicyclic) bond motifs is 1. The number of halogens is 2. The minimum atomic E-state index is -1.34. The van der Waals surface area contributed by atoms with Crippen LogP contribution in [0.4, 0.5) is 11.4 Å². The smallest absolute Gasteiger partial charge is 0.239 e. The van der Waals surface area contributed by atoms with Crippen molar-refractivity contribution in [2.45, 2.75) is 13.8 Å². The summed E-state index contributed by atoms with van der Waals surface area (Å²) in [6.07, 6.45) is 0. The number of ether oxygens (including phenoxy) is 2. The lowest BCUT2D eigenvalue weighted by atomic mass is 9.90. The zero-order valence-electron chi connectivity index (χ0n) is 14.1. The maximum atomic E-state index is 12.6. The second-order valence-corrected chi connectivity index (χ2v) is 7.13. The molecule has 2 aromatic rings. The molecule has 136 valence electrons. The summed E-state index contributed by atoms with van der Waals surface area (Å²) >= 11 is 11.9. The van der Waals surface area contributed by atoms with E-state index >= 15 is 0 Å². The van der Waals surface area contributed by atoms with Crippen molar-refractivity contribution in [3.05, 3.63) is 46.4 Å². The third-order valence-corrected chi connectivity index (χ3v) is 4.32. The number of benzene rings is 2. The van der Waals surface area contributed by atoms with Crippen molar-refractivity contribution in [1.82, 2.24) is 0 Å². The van der Waals surface area contributed by atoms with Gasteiger partial charge in [0.2, 0.25) is 18.6 Å².